The van der Waals surface area contributed by atoms with Gasteiger partial charge in [-0.1, -0.05) is 15.9 Å². The third-order valence-electron chi connectivity index (χ3n) is 5.06. The lowest BCUT2D eigenvalue weighted by Crippen LogP contribution is -2.29. The average molecular weight is 498 g/mol. The van der Waals surface area contributed by atoms with Crippen molar-refractivity contribution in [1.29, 1.82) is 0 Å². The van der Waals surface area contributed by atoms with E-state index in [0.29, 0.717) is 26.1 Å². The molecule has 3 heterocycles. The molecule has 1 unspecified atom stereocenters. The van der Waals surface area contributed by atoms with Gasteiger partial charge in [-0.25, -0.2) is 4.98 Å². The van der Waals surface area contributed by atoms with E-state index in [2.05, 4.69) is 20.9 Å². The topological polar surface area (TPSA) is 107 Å². The van der Waals surface area contributed by atoms with Crippen LogP contribution in [-0.2, 0) is 0 Å². The lowest BCUT2D eigenvalue weighted by atomic mass is 9.98. The molecule has 10 heteroatoms. The molecule has 0 saturated carbocycles. The normalized spacial score (nSPS) is 15.5. The Bertz CT molecular complexity index is 1440. The zero-order valence-electron chi connectivity index (χ0n) is 15.9. The van der Waals surface area contributed by atoms with Gasteiger partial charge in [-0.15, -0.1) is 11.3 Å². The molecule has 154 valence electrons. The number of thiazole rings is 1. The van der Waals surface area contributed by atoms with Crippen molar-refractivity contribution in [2.75, 3.05) is 4.90 Å². The molecule has 1 amide bonds. The number of anilines is 1. The Balaban J connectivity index is 1.79. The smallest absolute Gasteiger partial charge is 0.297 e. The van der Waals surface area contributed by atoms with Gasteiger partial charge in [0, 0.05) is 22.0 Å². The fourth-order valence-electron chi connectivity index (χ4n) is 3.69. The number of non-ortho nitro benzene ring substituents is 1. The summed E-state index contributed by atoms with van der Waals surface area (Å²) in [5.74, 6) is -0.523. The monoisotopic (exact) mass is 497 g/mol. The van der Waals surface area contributed by atoms with Crippen LogP contribution in [0.3, 0.4) is 0 Å². The molecule has 0 spiro atoms. The third-order valence-corrected chi connectivity index (χ3v) is 6.52. The number of aryl methyl sites for hydroxylation is 1. The Labute approximate surface area is 187 Å². The first kappa shape index (κ1) is 19.6. The highest BCUT2D eigenvalue weighted by Crippen LogP contribution is 2.42. The zero-order valence-corrected chi connectivity index (χ0v) is 18.3. The number of fused-ring (bicyclic) bond motifs is 2. The van der Waals surface area contributed by atoms with Crippen LogP contribution >= 0.6 is 27.3 Å². The molecule has 0 radical (unpaired) electrons. The number of amides is 1. The van der Waals surface area contributed by atoms with E-state index >= 15 is 0 Å². The number of carbonyl (C=O) groups is 1. The number of carbonyl (C=O) groups excluding carboxylic acids is 1. The molecule has 1 aliphatic rings. The Morgan fingerprint density at radius 3 is 2.58 bits per heavy atom. The molecule has 0 bridgehead atoms. The molecule has 2 aromatic heterocycles. The lowest BCUT2D eigenvalue weighted by molar-refractivity contribution is -0.384. The fourth-order valence-corrected chi connectivity index (χ4v) is 4.88. The predicted molar refractivity (Wildman–Crippen MR) is 119 cm³/mol. The molecule has 0 N–H and O–H groups in total. The highest BCUT2D eigenvalue weighted by molar-refractivity contribution is 9.10. The van der Waals surface area contributed by atoms with E-state index in [1.807, 2.05) is 6.92 Å². The average Bonchev–Trinajstić information content (AvgIpc) is 3.30. The molecule has 0 aliphatic carbocycles. The van der Waals surface area contributed by atoms with E-state index in [-0.39, 0.29) is 22.4 Å². The summed E-state index contributed by atoms with van der Waals surface area (Å²) < 4.78 is 6.59. The van der Waals surface area contributed by atoms with E-state index in [9.17, 15) is 19.7 Å². The minimum absolute atomic E-state index is 0.0453. The Morgan fingerprint density at radius 2 is 1.94 bits per heavy atom. The van der Waals surface area contributed by atoms with Crippen LogP contribution in [0.4, 0.5) is 10.8 Å². The van der Waals surface area contributed by atoms with E-state index in [1.54, 1.807) is 35.7 Å². The van der Waals surface area contributed by atoms with Crippen molar-refractivity contribution in [3.8, 4) is 0 Å². The zero-order chi connectivity index (χ0) is 21.9. The highest BCUT2D eigenvalue weighted by atomic mass is 79.9. The quantitative estimate of drug-likeness (QED) is 0.291. The number of rotatable bonds is 3. The van der Waals surface area contributed by atoms with Crippen LogP contribution in [0, 0.1) is 17.0 Å². The second kappa shape index (κ2) is 7.10. The van der Waals surface area contributed by atoms with Crippen LogP contribution in [0.5, 0.6) is 0 Å². The summed E-state index contributed by atoms with van der Waals surface area (Å²) in [6.45, 7) is 1.81. The highest BCUT2D eigenvalue weighted by Gasteiger charge is 2.45. The van der Waals surface area contributed by atoms with Crippen LogP contribution in [0.25, 0.3) is 11.0 Å². The van der Waals surface area contributed by atoms with Crippen molar-refractivity contribution in [3.05, 3.63) is 95.2 Å². The Morgan fingerprint density at radius 1 is 1.19 bits per heavy atom. The van der Waals surface area contributed by atoms with Crippen LogP contribution < -0.4 is 10.3 Å². The first-order chi connectivity index (χ1) is 14.8. The number of nitro benzene ring substituents is 1. The van der Waals surface area contributed by atoms with Gasteiger partial charge in [0.1, 0.15) is 5.58 Å². The standard InChI is InChI=1S/C21H12BrN3O5S/c1-10-9-31-21(23-10)24-17(11-2-5-13(6-3-11)25(28)29)16-18(26)14-8-12(22)4-7-15(14)30-19(16)20(24)27/h2-9,17H,1H3. The summed E-state index contributed by atoms with van der Waals surface area (Å²) in [7, 11) is 0. The molecule has 8 nitrogen and oxygen atoms in total. The minimum atomic E-state index is -0.812. The van der Waals surface area contributed by atoms with Crippen LogP contribution in [0.1, 0.15) is 33.4 Å². The van der Waals surface area contributed by atoms with Gasteiger partial charge in [-0.05, 0) is 42.8 Å². The number of nitrogens with zero attached hydrogens (tertiary/aromatic N) is 3. The molecule has 2 aromatic carbocycles. The molecule has 5 rings (SSSR count). The first-order valence-electron chi connectivity index (χ1n) is 9.11. The molecule has 0 fully saturated rings. The summed E-state index contributed by atoms with van der Waals surface area (Å²) >= 11 is 4.64. The van der Waals surface area contributed by atoms with Crippen molar-refractivity contribution in [1.82, 2.24) is 4.98 Å². The third kappa shape index (κ3) is 3.06. The lowest BCUT2D eigenvalue weighted by Gasteiger charge is -2.22. The van der Waals surface area contributed by atoms with Crippen LogP contribution in [0.15, 0.2) is 61.5 Å². The number of aromatic nitrogens is 1. The van der Waals surface area contributed by atoms with E-state index in [0.717, 1.165) is 5.69 Å². The Hall–Kier alpha value is -3.37. The van der Waals surface area contributed by atoms with Gasteiger partial charge < -0.3 is 4.42 Å². The predicted octanol–water partition coefficient (Wildman–Crippen LogP) is 4.98. The molecular formula is C21H12BrN3O5S. The van der Waals surface area contributed by atoms with Gasteiger partial charge in [-0.3, -0.25) is 24.6 Å². The van der Waals surface area contributed by atoms with Crippen molar-refractivity contribution in [2.24, 2.45) is 0 Å². The first-order valence-corrected chi connectivity index (χ1v) is 10.8. The number of benzene rings is 2. The summed E-state index contributed by atoms with van der Waals surface area (Å²) in [5.41, 5.74) is 1.37. The van der Waals surface area contributed by atoms with Crippen molar-refractivity contribution < 1.29 is 14.1 Å². The number of hydrogen-bond donors (Lipinski definition) is 0. The number of halogens is 1. The molecular weight excluding hydrogens is 486 g/mol. The van der Waals surface area contributed by atoms with Crippen LogP contribution in [-0.4, -0.2) is 15.8 Å². The van der Waals surface area contributed by atoms with Crippen molar-refractivity contribution in [3.63, 3.8) is 0 Å². The van der Waals surface area contributed by atoms with E-state index < -0.39 is 16.9 Å². The van der Waals surface area contributed by atoms with Gasteiger partial charge in [0.25, 0.3) is 11.6 Å². The fraction of sp³-hybridized carbons (Fsp3) is 0.0952. The number of hydrogen-bond acceptors (Lipinski definition) is 7. The van der Waals surface area contributed by atoms with E-state index in [4.69, 9.17) is 4.42 Å². The largest absolute Gasteiger partial charge is 0.450 e. The van der Waals surface area contributed by atoms with Crippen molar-refractivity contribution in [2.45, 2.75) is 13.0 Å². The number of nitro groups is 1. The SMILES string of the molecule is Cc1csc(N2C(=O)c3oc4ccc(Br)cc4c(=O)c3C2c2ccc([N+](=O)[O-])cc2)n1. The summed E-state index contributed by atoms with van der Waals surface area (Å²) in [6, 6.07) is 9.98. The maximum atomic E-state index is 13.5. The molecule has 1 atom stereocenters. The second-order valence-electron chi connectivity index (χ2n) is 7.01. The van der Waals surface area contributed by atoms with Gasteiger partial charge >= 0.3 is 0 Å². The maximum absolute atomic E-state index is 13.5. The Kier molecular flexibility index (Phi) is 4.49. The van der Waals surface area contributed by atoms with Gasteiger partial charge in [0.05, 0.1) is 27.6 Å². The summed E-state index contributed by atoms with van der Waals surface area (Å²) in [6.07, 6.45) is 0. The minimum Gasteiger partial charge on any atom is -0.450 e. The second-order valence-corrected chi connectivity index (χ2v) is 8.76. The maximum Gasteiger partial charge on any atom is 0.297 e. The van der Waals surface area contributed by atoms with Gasteiger partial charge in [0.2, 0.25) is 5.76 Å². The van der Waals surface area contributed by atoms with Crippen LogP contribution in [0.2, 0.25) is 0 Å². The molecule has 31 heavy (non-hydrogen) atoms. The molecule has 0 saturated heterocycles. The molecule has 1 aliphatic heterocycles. The van der Waals surface area contributed by atoms with E-state index in [1.165, 1.54) is 28.4 Å². The summed E-state index contributed by atoms with van der Waals surface area (Å²) in [5, 5.41) is 13.6. The summed E-state index contributed by atoms with van der Waals surface area (Å²) in [4.78, 5) is 43.3. The molecule has 4 aromatic rings. The van der Waals surface area contributed by atoms with Crippen molar-refractivity contribution >= 4 is 55.0 Å². The van der Waals surface area contributed by atoms with Gasteiger partial charge in [-0.2, -0.15) is 0 Å². The van der Waals surface area contributed by atoms with Gasteiger partial charge in [0.15, 0.2) is 10.6 Å².